The highest BCUT2D eigenvalue weighted by Crippen LogP contribution is 2.41. The van der Waals surface area contributed by atoms with Crippen molar-refractivity contribution in [1.29, 1.82) is 0 Å². The van der Waals surface area contributed by atoms with E-state index in [1.165, 1.54) is 12.8 Å². The molecular formula is C7H13NO2S. The van der Waals surface area contributed by atoms with Gasteiger partial charge in [-0.3, -0.25) is 0 Å². The molecule has 4 heteroatoms. The van der Waals surface area contributed by atoms with E-state index in [0.29, 0.717) is 12.3 Å². The Kier molecular flexibility index (Phi) is 1.51. The maximum absolute atomic E-state index is 11.1. The Morgan fingerprint density at radius 2 is 1.82 bits per heavy atom. The zero-order valence-electron chi connectivity index (χ0n) is 6.47. The number of sulfonamides is 1. The standard InChI is InChI=1S/C7H13NO2S/c9-11(10)6-7(5-8-11)3-1-2-4-7/h8H,1-6H2. The first-order valence-corrected chi connectivity index (χ1v) is 5.75. The summed E-state index contributed by atoms with van der Waals surface area (Å²) in [5, 5.41) is 0. The summed E-state index contributed by atoms with van der Waals surface area (Å²) in [6.07, 6.45) is 4.60. The average molecular weight is 175 g/mol. The van der Waals surface area contributed by atoms with Gasteiger partial charge in [-0.15, -0.1) is 0 Å². The van der Waals surface area contributed by atoms with Crippen LogP contribution in [0.15, 0.2) is 0 Å². The Morgan fingerprint density at radius 3 is 2.27 bits per heavy atom. The molecule has 3 nitrogen and oxygen atoms in total. The van der Waals surface area contributed by atoms with Crippen LogP contribution < -0.4 is 4.72 Å². The van der Waals surface area contributed by atoms with Crippen LogP contribution in [-0.4, -0.2) is 20.7 Å². The molecule has 0 radical (unpaired) electrons. The van der Waals surface area contributed by atoms with E-state index in [2.05, 4.69) is 4.72 Å². The first-order chi connectivity index (χ1) is 5.12. The fourth-order valence-corrected chi connectivity index (χ4v) is 4.04. The van der Waals surface area contributed by atoms with Crippen molar-refractivity contribution in [2.24, 2.45) is 5.41 Å². The van der Waals surface area contributed by atoms with Gasteiger partial charge in [0.05, 0.1) is 5.75 Å². The number of nitrogens with one attached hydrogen (secondary N) is 1. The Labute approximate surface area is 67.2 Å². The van der Waals surface area contributed by atoms with E-state index in [4.69, 9.17) is 0 Å². The van der Waals surface area contributed by atoms with Crippen molar-refractivity contribution in [3.05, 3.63) is 0 Å². The van der Waals surface area contributed by atoms with Crippen molar-refractivity contribution >= 4 is 10.0 Å². The lowest BCUT2D eigenvalue weighted by Crippen LogP contribution is -2.21. The van der Waals surface area contributed by atoms with Crippen LogP contribution in [0, 0.1) is 5.41 Å². The molecule has 2 aliphatic rings. The molecule has 0 unspecified atom stereocenters. The van der Waals surface area contributed by atoms with Gasteiger partial charge in [0, 0.05) is 6.54 Å². The van der Waals surface area contributed by atoms with Crippen LogP contribution >= 0.6 is 0 Å². The molecule has 64 valence electrons. The molecule has 0 aromatic rings. The minimum Gasteiger partial charge on any atom is -0.215 e. The van der Waals surface area contributed by atoms with Crippen LogP contribution in [0.25, 0.3) is 0 Å². The summed E-state index contributed by atoms with van der Waals surface area (Å²) < 4.78 is 24.8. The zero-order valence-corrected chi connectivity index (χ0v) is 7.28. The summed E-state index contributed by atoms with van der Waals surface area (Å²) in [7, 11) is -2.89. The maximum atomic E-state index is 11.1. The van der Waals surface area contributed by atoms with Gasteiger partial charge in [0.25, 0.3) is 0 Å². The fourth-order valence-electron chi connectivity index (χ4n) is 2.21. The second kappa shape index (κ2) is 2.20. The molecule has 1 spiro atoms. The van der Waals surface area contributed by atoms with Crippen molar-refractivity contribution < 1.29 is 8.42 Å². The van der Waals surface area contributed by atoms with E-state index >= 15 is 0 Å². The molecule has 11 heavy (non-hydrogen) atoms. The van der Waals surface area contributed by atoms with Crippen molar-refractivity contribution in [3.63, 3.8) is 0 Å². The highest BCUT2D eigenvalue weighted by atomic mass is 32.2. The molecule has 2 rings (SSSR count). The van der Waals surface area contributed by atoms with Crippen molar-refractivity contribution in [2.75, 3.05) is 12.3 Å². The highest BCUT2D eigenvalue weighted by molar-refractivity contribution is 7.89. The van der Waals surface area contributed by atoms with Gasteiger partial charge >= 0.3 is 0 Å². The molecule has 0 bridgehead atoms. The topological polar surface area (TPSA) is 46.2 Å². The van der Waals surface area contributed by atoms with Gasteiger partial charge in [-0.1, -0.05) is 12.8 Å². The Balaban J connectivity index is 2.20. The molecule has 0 amide bonds. The summed E-state index contributed by atoms with van der Waals surface area (Å²) in [6, 6.07) is 0. The van der Waals surface area contributed by atoms with Gasteiger partial charge in [-0.05, 0) is 18.3 Å². The van der Waals surface area contributed by atoms with Crippen LogP contribution in [0.4, 0.5) is 0 Å². The second-order valence-corrected chi connectivity index (χ2v) is 5.59. The summed E-state index contributed by atoms with van der Waals surface area (Å²) in [4.78, 5) is 0. The Hall–Kier alpha value is -0.0900. The molecule has 0 aromatic carbocycles. The monoisotopic (exact) mass is 175 g/mol. The summed E-state index contributed by atoms with van der Waals surface area (Å²) >= 11 is 0. The largest absolute Gasteiger partial charge is 0.215 e. The molecule has 0 atom stereocenters. The van der Waals surface area contributed by atoms with Gasteiger partial charge in [-0.25, -0.2) is 13.1 Å². The Bertz CT molecular complexity index is 252. The van der Waals surface area contributed by atoms with E-state index in [9.17, 15) is 8.42 Å². The molecule has 1 heterocycles. The van der Waals surface area contributed by atoms with E-state index in [1.54, 1.807) is 0 Å². The van der Waals surface area contributed by atoms with Gasteiger partial charge in [-0.2, -0.15) is 0 Å². The van der Waals surface area contributed by atoms with E-state index in [-0.39, 0.29) is 5.41 Å². The van der Waals surface area contributed by atoms with Crippen LogP contribution in [0.5, 0.6) is 0 Å². The number of rotatable bonds is 0. The minimum absolute atomic E-state index is 0.124. The lowest BCUT2D eigenvalue weighted by Gasteiger charge is -2.17. The minimum atomic E-state index is -2.89. The summed E-state index contributed by atoms with van der Waals surface area (Å²) in [5.41, 5.74) is 0.124. The van der Waals surface area contributed by atoms with E-state index in [1.807, 2.05) is 0 Å². The first kappa shape index (κ1) is 7.55. The molecule has 2 fully saturated rings. The van der Waals surface area contributed by atoms with Crippen LogP contribution in [0.1, 0.15) is 25.7 Å². The Morgan fingerprint density at radius 1 is 1.18 bits per heavy atom. The summed E-state index contributed by atoms with van der Waals surface area (Å²) in [5.74, 6) is 0.375. The zero-order chi connectivity index (χ0) is 7.95. The molecule has 1 aliphatic carbocycles. The van der Waals surface area contributed by atoms with Gasteiger partial charge in [0.2, 0.25) is 10.0 Å². The van der Waals surface area contributed by atoms with Crippen LogP contribution in [0.3, 0.4) is 0 Å². The molecule has 0 aromatic heterocycles. The third-order valence-electron chi connectivity index (χ3n) is 2.83. The van der Waals surface area contributed by atoms with Crippen molar-refractivity contribution in [1.82, 2.24) is 4.72 Å². The smallest absolute Gasteiger partial charge is 0.212 e. The van der Waals surface area contributed by atoms with Crippen LogP contribution in [-0.2, 0) is 10.0 Å². The molecular weight excluding hydrogens is 162 g/mol. The highest BCUT2D eigenvalue weighted by Gasteiger charge is 2.43. The molecule has 1 saturated heterocycles. The SMILES string of the molecule is O=S1(=O)CC2(CCCC2)CN1. The summed E-state index contributed by atoms with van der Waals surface area (Å²) in [6.45, 7) is 0.690. The molecule has 1 N–H and O–H groups in total. The van der Waals surface area contributed by atoms with Gasteiger partial charge < -0.3 is 0 Å². The predicted octanol–water partition coefficient (Wildman–Crippen LogP) is 0.480. The lowest BCUT2D eigenvalue weighted by atomic mass is 9.89. The quantitative estimate of drug-likeness (QED) is 0.582. The molecule has 1 aliphatic heterocycles. The lowest BCUT2D eigenvalue weighted by molar-refractivity contribution is 0.367. The van der Waals surface area contributed by atoms with Gasteiger partial charge in [0.1, 0.15) is 0 Å². The predicted molar refractivity (Wildman–Crippen MR) is 42.7 cm³/mol. The molecule has 1 saturated carbocycles. The van der Waals surface area contributed by atoms with Crippen LogP contribution in [0.2, 0.25) is 0 Å². The van der Waals surface area contributed by atoms with Crippen molar-refractivity contribution in [3.8, 4) is 0 Å². The normalized spacial score (nSPS) is 33.1. The number of hydrogen-bond donors (Lipinski definition) is 1. The van der Waals surface area contributed by atoms with Gasteiger partial charge in [0.15, 0.2) is 0 Å². The first-order valence-electron chi connectivity index (χ1n) is 4.09. The van der Waals surface area contributed by atoms with E-state index in [0.717, 1.165) is 12.8 Å². The average Bonchev–Trinajstić information content (AvgIpc) is 2.43. The van der Waals surface area contributed by atoms with E-state index < -0.39 is 10.0 Å². The van der Waals surface area contributed by atoms with Crippen molar-refractivity contribution in [2.45, 2.75) is 25.7 Å². The third-order valence-corrected chi connectivity index (χ3v) is 4.40. The fraction of sp³-hybridized carbons (Fsp3) is 1.00. The second-order valence-electron chi connectivity index (χ2n) is 3.79. The number of hydrogen-bond acceptors (Lipinski definition) is 2. The maximum Gasteiger partial charge on any atom is 0.212 e. The third kappa shape index (κ3) is 1.29.